The van der Waals surface area contributed by atoms with Gasteiger partial charge in [-0.15, -0.1) is 0 Å². The van der Waals surface area contributed by atoms with Crippen molar-refractivity contribution in [1.82, 2.24) is 13.9 Å². The molecule has 2 aromatic carbocycles. The Balaban J connectivity index is 1.59. The van der Waals surface area contributed by atoms with Gasteiger partial charge in [-0.1, -0.05) is 24.3 Å². The summed E-state index contributed by atoms with van der Waals surface area (Å²) in [4.78, 5) is 4.90. The summed E-state index contributed by atoms with van der Waals surface area (Å²) >= 11 is 0. The molecule has 3 aromatic rings. The highest BCUT2D eigenvalue weighted by atomic mass is 32.2. The SMILES string of the molecule is Cc1nc2ccccc2n1Cc1ccc(S(=O)(=O)N2CCOCC2)cc1. The Morgan fingerprint density at radius 1 is 1.04 bits per heavy atom. The molecule has 0 N–H and O–H groups in total. The van der Waals surface area contributed by atoms with Crippen molar-refractivity contribution < 1.29 is 13.2 Å². The quantitative estimate of drug-likeness (QED) is 0.706. The first kappa shape index (κ1) is 17.2. The summed E-state index contributed by atoms with van der Waals surface area (Å²) in [5.41, 5.74) is 3.09. The van der Waals surface area contributed by atoms with E-state index in [1.165, 1.54) is 4.31 Å². The molecule has 0 saturated carbocycles. The summed E-state index contributed by atoms with van der Waals surface area (Å²) in [6, 6.07) is 15.2. The van der Waals surface area contributed by atoms with E-state index in [1.54, 1.807) is 12.1 Å². The number of rotatable bonds is 4. The number of fused-ring (bicyclic) bond motifs is 1. The largest absolute Gasteiger partial charge is 0.379 e. The zero-order chi connectivity index (χ0) is 18.1. The molecule has 0 radical (unpaired) electrons. The summed E-state index contributed by atoms with van der Waals surface area (Å²) < 4.78 is 34.3. The molecule has 2 heterocycles. The Labute approximate surface area is 153 Å². The summed E-state index contributed by atoms with van der Waals surface area (Å²) in [5, 5.41) is 0. The Morgan fingerprint density at radius 2 is 1.73 bits per heavy atom. The summed E-state index contributed by atoms with van der Waals surface area (Å²) in [5.74, 6) is 0.941. The van der Waals surface area contributed by atoms with E-state index in [2.05, 4.69) is 9.55 Å². The number of aryl methyl sites for hydroxylation is 1. The maximum Gasteiger partial charge on any atom is 0.243 e. The van der Waals surface area contributed by atoms with Crippen molar-refractivity contribution >= 4 is 21.1 Å². The highest BCUT2D eigenvalue weighted by Crippen LogP contribution is 2.20. The van der Waals surface area contributed by atoms with E-state index < -0.39 is 10.0 Å². The molecule has 0 spiro atoms. The topological polar surface area (TPSA) is 64.4 Å². The van der Waals surface area contributed by atoms with Crippen molar-refractivity contribution in [2.45, 2.75) is 18.4 Å². The van der Waals surface area contributed by atoms with Gasteiger partial charge in [-0.05, 0) is 36.8 Å². The molecular formula is C19H21N3O3S. The third-order valence-electron chi connectivity index (χ3n) is 4.72. The molecule has 0 atom stereocenters. The van der Waals surface area contributed by atoms with E-state index in [0.717, 1.165) is 22.4 Å². The Hall–Kier alpha value is -2.22. The second-order valence-electron chi connectivity index (χ2n) is 6.39. The predicted octanol–water partition coefficient (Wildman–Crippen LogP) is 2.41. The zero-order valence-electron chi connectivity index (χ0n) is 14.6. The van der Waals surface area contributed by atoms with Crippen LogP contribution >= 0.6 is 0 Å². The molecule has 1 saturated heterocycles. The third kappa shape index (κ3) is 3.13. The summed E-state index contributed by atoms with van der Waals surface area (Å²) in [6.45, 7) is 4.35. The average Bonchev–Trinajstić information content (AvgIpc) is 2.98. The van der Waals surface area contributed by atoms with Crippen LogP contribution in [0.3, 0.4) is 0 Å². The minimum Gasteiger partial charge on any atom is -0.379 e. The molecule has 1 fully saturated rings. The molecule has 136 valence electrons. The van der Waals surface area contributed by atoms with Crippen molar-refractivity contribution in [3.63, 3.8) is 0 Å². The number of benzene rings is 2. The lowest BCUT2D eigenvalue weighted by Crippen LogP contribution is -2.40. The maximum absolute atomic E-state index is 12.7. The van der Waals surface area contributed by atoms with Gasteiger partial charge in [-0.3, -0.25) is 0 Å². The fourth-order valence-electron chi connectivity index (χ4n) is 3.28. The van der Waals surface area contributed by atoms with Gasteiger partial charge in [0.15, 0.2) is 0 Å². The van der Waals surface area contributed by atoms with Crippen molar-refractivity contribution in [3.8, 4) is 0 Å². The van der Waals surface area contributed by atoms with Gasteiger partial charge in [0.25, 0.3) is 0 Å². The third-order valence-corrected chi connectivity index (χ3v) is 6.63. The number of ether oxygens (including phenoxy) is 1. The number of para-hydroxylation sites is 2. The van der Waals surface area contributed by atoms with Crippen molar-refractivity contribution in [2.24, 2.45) is 0 Å². The smallest absolute Gasteiger partial charge is 0.243 e. The summed E-state index contributed by atoms with van der Waals surface area (Å²) in [7, 11) is -3.45. The van der Waals surface area contributed by atoms with E-state index in [9.17, 15) is 8.42 Å². The number of hydrogen-bond donors (Lipinski definition) is 0. The van der Waals surface area contributed by atoms with Crippen molar-refractivity contribution in [2.75, 3.05) is 26.3 Å². The van der Waals surface area contributed by atoms with E-state index >= 15 is 0 Å². The van der Waals surface area contributed by atoms with Crippen LogP contribution < -0.4 is 0 Å². The highest BCUT2D eigenvalue weighted by Gasteiger charge is 2.26. The second-order valence-corrected chi connectivity index (χ2v) is 8.33. The number of nitrogens with zero attached hydrogens (tertiary/aromatic N) is 3. The van der Waals surface area contributed by atoms with Gasteiger partial charge in [-0.25, -0.2) is 13.4 Å². The van der Waals surface area contributed by atoms with Crippen LogP contribution in [-0.4, -0.2) is 48.6 Å². The van der Waals surface area contributed by atoms with E-state index in [-0.39, 0.29) is 0 Å². The zero-order valence-corrected chi connectivity index (χ0v) is 15.4. The van der Waals surface area contributed by atoms with Crippen molar-refractivity contribution in [1.29, 1.82) is 0 Å². The van der Waals surface area contributed by atoms with E-state index in [0.29, 0.717) is 37.7 Å². The molecule has 4 rings (SSSR count). The molecule has 1 aliphatic heterocycles. The molecular weight excluding hydrogens is 350 g/mol. The van der Waals surface area contributed by atoms with Crippen LogP contribution in [0.25, 0.3) is 11.0 Å². The molecule has 7 heteroatoms. The van der Waals surface area contributed by atoms with E-state index in [1.807, 2.05) is 43.3 Å². The molecule has 0 bridgehead atoms. The van der Waals surface area contributed by atoms with Gasteiger partial charge >= 0.3 is 0 Å². The lowest BCUT2D eigenvalue weighted by atomic mass is 10.2. The Kier molecular flexibility index (Phi) is 4.52. The summed E-state index contributed by atoms with van der Waals surface area (Å²) in [6.07, 6.45) is 0. The fraction of sp³-hybridized carbons (Fsp3) is 0.316. The van der Waals surface area contributed by atoms with Gasteiger partial charge in [0.1, 0.15) is 5.82 Å². The lowest BCUT2D eigenvalue weighted by molar-refractivity contribution is 0.0730. The van der Waals surface area contributed by atoms with Crippen LogP contribution in [0.5, 0.6) is 0 Å². The first-order valence-electron chi connectivity index (χ1n) is 8.64. The number of sulfonamides is 1. The average molecular weight is 371 g/mol. The van der Waals surface area contributed by atoms with Gasteiger partial charge < -0.3 is 9.30 Å². The van der Waals surface area contributed by atoms with Crippen molar-refractivity contribution in [3.05, 3.63) is 59.9 Å². The van der Waals surface area contributed by atoms with Crippen LogP contribution in [0.4, 0.5) is 0 Å². The fourth-order valence-corrected chi connectivity index (χ4v) is 4.69. The molecule has 0 aliphatic carbocycles. The standard InChI is InChI=1S/C19H21N3O3S/c1-15-20-18-4-2-3-5-19(18)22(15)14-16-6-8-17(9-7-16)26(23,24)21-10-12-25-13-11-21/h2-9H,10-14H2,1H3. The highest BCUT2D eigenvalue weighted by molar-refractivity contribution is 7.89. The Bertz CT molecular complexity index is 1020. The van der Waals surface area contributed by atoms with Gasteiger partial charge in [0, 0.05) is 19.6 Å². The number of imidazole rings is 1. The minimum absolute atomic E-state index is 0.329. The number of morpholine rings is 1. The molecule has 6 nitrogen and oxygen atoms in total. The lowest BCUT2D eigenvalue weighted by Gasteiger charge is -2.26. The maximum atomic E-state index is 12.7. The van der Waals surface area contributed by atoms with Gasteiger partial charge in [0.05, 0.1) is 29.1 Å². The molecule has 1 aromatic heterocycles. The second kappa shape index (κ2) is 6.83. The monoisotopic (exact) mass is 371 g/mol. The molecule has 0 unspecified atom stereocenters. The minimum atomic E-state index is -3.45. The first-order chi connectivity index (χ1) is 12.6. The molecule has 26 heavy (non-hydrogen) atoms. The molecule has 1 aliphatic rings. The van der Waals surface area contributed by atoms with E-state index in [4.69, 9.17) is 4.74 Å². The van der Waals surface area contributed by atoms with Gasteiger partial charge in [-0.2, -0.15) is 4.31 Å². The predicted molar refractivity (Wildman–Crippen MR) is 99.6 cm³/mol. The van der Waals surface area contributed by atoms with Crippen LogP contribution in [0.15, 0.2) is 53.4 Å². The van der Waals surface area contributed by atoms with Crippen LogP contribution in [0.1, 0.15) is 11.4 Å². The van der Waals surface area contributed by atoms with Gasteiger partial charge in [0.2, 0.25) is 10.0 Å². The normalized spacial score (nSPS) is 16.2. The van der Waals surface area contributed by atoms with Crippen LogP contribution in [0, 0.1) is 6.92 Å². The molecule has 0 amide bonds. The van der Waals surface area contributed by atoms with Crippen LogP contribution in [0.2, 0.25) is 0 Å². The first-order valence-corrected chi connectivity index (χ1v) is 10.1. The number of aromatic nitrogens is 2. The Morgan fingerprint density at radius 3 is 2.46 bits per heavy atom. The van der Waals surface area contributed by atoms with Crippen LogP contribution in [-0.2, 0) is 21.3 Å². The number of hydrogen-bond acceptors (Lipinski definition) is 4.